The summed E-state index contributed by atoms with van der Waals surface area (Å²) in [4.78, 5) is 30.6. The average molecular weight is 588 g/mol. The van der Waals surface area contributed by atoms with E-state index in [-0.39, 0.29) is 24.4 Å². The van der Waals surface area contributed by atoms with Crippen LogP contribution in [-0.4, -0.2) is 54.1 Å². The maximum absolute atomic E-state index is 12.8. The number of thiocarbonyl (C=S) groups is 1. The molecule has 1 aliphatic rings. The topological polar surface area (TPSA) is 80.3 Å². The second-order valence-corrected chi connectivity index (χ2v) is 15.9. The molecule has 1 aromatic carbocycles. The van der Waals surface area contributed by atoms with Crippen molar-refractivity contribution in [2.75, 3.05) is 31.5 Å². The zero-order chi connectivity index (χ0) is 28.4. The second kappa shape index (κ2) is 15.1. The smallest absolute Gasteiger partial charge is 0.328 e. The van der Waals surface area contributed by atoms with Gasteiger partial charge in [-0.3, -0.25) is 9.78 Å². The number of methoxy groups -OCH3 is 1. The monoisotopic (exact) mass is 587 g/mol. The van der Waals surface area contributed by atoms with Crippen molar-refractivity contribution in [2.45, 2.75) is 71.3 Å². The first kappa shape index (κ1) is 31.5. The summed E-state index contributed by atoms with van der Waals surface area (Å²) in [6, 6.07) is 8.85. The van der Waals surface area contributed by atoms with Crippen molar-refractivity contribution in [2.24, 2.45) is 5.41 Å². The molecule has 2 unspecified atom stereocenters. The number of nitrogens with one attached hydrogen (secondary N) is 2. The van der Waals surface area contributed by atoms with Crippen LogP contribution in [0, 0.1) is 19.3 Å². The lowest BCUT2D eigenvalue weighted by Gasteiger charge is -2.33. The maximum atomic E-state index is 12.8. The molecule has 1 heterocycles. The van der Waals surface area contributed by atoms with Crippen LogP contribution in [0.15, 0.2) is 36.5 Å². The maximum Gasteiger partial charge on any atom is 0.328 e. The van der Waals surface area contributed by atoms with Gasteiger partial charge in [-0.2, -0.15) is 0 Å². The van der Waals surface area contributed by atoms with Crippen LogP contribution in [-0.2, 0) is 16.0 Å². The summed E-state index contributed by atoms with van der Waals surface area (Å²) in [7, 11) is 1.49. The Hall–Kier alpha value is -2.02. The van der Waals surface area contributed by atoms with Gasteiger partial charge >= 0.3 is 5.97 Å². The lowest BCUT2D eigenvalue weighted by molar-refractivity contribution is -0.142. The molecule has 2 atom stereocenters. The minimum Gasteiger partial charge on any atom is -0.467 e. The highest BCUT2D eigenvalue weighted by Gasteiger charge is 2.39. The molecule has 9 heteroatoms. The van der Waals surface area contributed by atoms with E-state index in [2.05, 4.69) is 28.5 Å². The van der Waals surface area contributed by atoms with Gasteiger partial charge in [0.15, 0.2) is 0 Å². The Labute approximate surface area is 244 Å². The van der Waals surface area contributed by atoms with E-state index in [4.69, 9.17) is 17.0 Å². The molecule has 0 spiro atoms. The van der Waals surface area contributed by atoms with E-state index in [0.717, 1.165) is 35.4 Å². The van der Waals surface area contributed by atoms with Crippen LogP contribution in [0.1, 0.15) is 72.1 Å². The fourth-order valence-electron chi connectivity index (χ4n) is 5.37. The number of pyridine rings is 1. The van der Waals surface area contributed by atoms with Crippen molar-refractivity contribution in [3.8, 4) is 0 Å². The Morgan fingerprint density at radius 2 is 1.85 bits per heavy atom. The number of ether oxygens (including phenoxy) is 1. The van der Waals surface area contributed by atoms with E-state index < -0.39 is 6.04 Å². The van der Waals surface area contributed by atoms with Crippen LogP contribution >= 0.6 is 30.7 Å². The highest BCUT2D eigenvalue weighted by atomic mass is 32.7. The molecule has 39 heavy (non-hydrogen) atoms. The zero-order valence-electron chi connectivity index (χ0n) is 23.8. The minimum atomic E-state index is -0.555. The number of unbranched alkanes of at least 4 members (excludes halogenated alkanes) is 1. The van der Waals surface area contributed by atoms with Crippen molar-refractivity contribution in [1.82, 2.24) is 10.3 Å². The molecule has 0 radical (unpaired) electrons. The first-order valence-electron chi connectivity index (χ1n) is 13.7. The SMILES string of the molecule is COC(=O)C(Cc1ccc(NC(=O)c2c(C)ccnc2C)cc1)NC(=S)C1(CCCCP(C)SC)CCCC1. The van der Waals surface area contributed by atoms with Gasteiger partial charge in [0.05, 0.1) is 23.4 Å². The molecule has 1 aliphatic carbocycles. The standard InChI is InChI=1S/C30H42N3O3PS2/c1-21-14-18-31-22(2)26(21)27(34)32-24-12-10-23(11-13-24)20-25(28(35)36-3)33-29(38)30(15-6-7-16-30)17-8-9-19-37(4)39-5/h10-14,18,25H,6-9,15-17,19-20H2,1-5H3,(H,32,34)(H,33,38). The summed E-state index contributed by atoms with van der Waals surface area (Å²) in [5, 5.41) is 6.38. The number of hydrogen-bond acceptors (Lipinski definition) is 6. The lowest BCUT2D eigenvalue weighted by atomic mass is 9.80. The normalized spacial score (nSPS) is 15.8. The summed E-state index contributed by atoms with van der Waals surface area (Å²) in [6.45, 7) is 6.08. The molecule has 0 saturated heterocycles. The number of hydrogen-bond donors (Lipinski definition) is 2. The predicted molar refractivity (Wildman–Crippen MR) is 169 cm³/mol. The van der Waals surface area contributed by atoms with Crippen molar-refractivity contribution < 1.29 is 14.3 Å². The quantitative estimate of drug-likeness (QED) is 0.112. The Morgan fingerprint density at radius 1 is 1.15 bits per heavy atom. The Bertz CT molecular complexity index is 1120. The highest BCUT2D eigenvalue weighted by Crippen LogP contribution is 2.46. The Kier molecular flexibility index (Phi) is 12.2. The number of amides is 1. The largest absolute Gasteiger partial charge is 0.467 e. The fourth-order valence-corrected chi connectivity index (χ4v) is 7.60. The van der Waals surface area contributed by atoms with E-state index in [1.54, 1.807) is 6.20 Å². The third-order valence-corrected chi connectivity index (χ3v) is 12.3. The van der Waals surface area contributed by atoms with Crippen LogP contribution < -0.4 is 10.6 Å². The van der Waals surface area contributed by atoms with Crippen LogP contribution in [0.5, 0.6) is 0 Å². The number of aromatic nitrogens is 1. The number of benzene rings is 1. The summed E-state index contributed by atoms with van der Waals surface area (Å²) < 4.78 is 5.14. The van der Waals surface area contributed by atoms with Crippen molar-refractivity contribution in [1.29, 1.82) is 0 Å². The molecule has 1 saturated carbocycles. The van der Waals surface area contributed by atoms with E-state index in [1.165, 1.54) is 39.0 Å². The van der Waals surface area contributed by atoms with Gasteiger partial charge in [-0.05, 0) is 87.9 Å². The van der Waals surface area contributed by atoms with Crippen LogP contribution in [0.4, 0.5) is 5.69 Å². The second-order valence-electron chi connectivity index (χ2n) is 10.5. The number of esters is 1. The molecule has 1 amide bonds. The molecule has 1 fully saturated rings. The fraction of sp³-hybridized carbons (Fsp3) is 0.533. The minimum absolute atomic E-state index is 0.0197. The first-order chi connectivity index (χ1) is 18.7. The van der Waals surface area contributed by atoms with Gasteiger partial charge in [-0.25, -0.2) is 4.79 Å². The molecule has 1 aromatic heterocycles. The number of nitrogens with zero attached hydrogens (tertiary/aromatic N) is 1. The molecule has 3 rings (SSSR count). The molecule has 2 aromatic rings. The first-order valence-corrected chi connectivity index (χ1v) is 17.9. The average Bonchev–Trinajstić information content (AvgIpc) is 3.41. The summed E-state index contributed by atoms with van der Waals surface area (Å²) in [5.41, 5.74) is 3.80. The summed E-state index contributed by atoms with van der Waals surface area (Å²) in [5.74, 6) is -0.502. The van der Waals surface area contributed by atoms with Gasteiger partial charge in [-0.15, -0.1) is 11.4 Å². The van der Waals surface area contributed by atoms with E-state index in [0.29, 0.717) is 23.4 Å². The molecular formula is C30H42N3O3PS2. The number of anilines is 1. The molecule has 0 bridgehead atoms. The number of carbonyl (C=O) groups is 2. The Balaban J connectivity index is 1.64. The molecule has 212 valence electrons. The highest BCUT2D eigenvalue weighted by molar-refractivity contribution is 8.55. The predicted octanol–water partition coefficient (Wildman–Crippen LogP) is 7.07. The number of rotatable bonds is 13. The Morgan fingerprint density at radius 3 is 2.46 bits per heavy atom. The third kappa shape index (κ3) is 8.73. The van der Waals surface area contributed by atoms with Crippen LogP contribution in [0.3, 0.4) is 0 Å². The molecule has 2 N–H and O–H groups in total. The lowest BCUT2D eigenvalue weighted by Crippen LogP contribution is -2.48. The van der Waals surface area contributed by atoms with E-state index in [1.807, 2.05) is 55.6 Å². The number of aryl methyl sites for hydroxylation is 2. The van der Waals surface area contributed by atoms with Gasteiger partial charge in [-0.1, -0.05) is 50.7 Å². The van der Waals surface area contributed by atoms with Crippen LogP contribution in [0.25, 0.3) is 0 Å². The van der Waals surface area contributed by atoms with E-state index in [9.17, 15) is 9.59 Å². The summed E-state index contributed by atoms with van der Waals surface area (Å²) >= 11 is 7.96. The van der Waals surface area contributed by atoms with Gasteiger partial charge in [0.1, 0.15) is 6.04 Å². The number of carbonyl (C=O) groups excluding carboxylic acids is 2. The molecule has 6 nitrogen and oxygen atoms in total. The van der Waals surface area contributed by atoms with Gasteiger partial charge < -0.3 is 15.4 Å². The van der Waals surface area contributed by atoms with Gasteiger partial charge in [0, 0.05) is 23.7 Å². The van der Waals surface area contributed by atoms with E-state index >= 15 is 0 Å². The third-order valence-electron chi connectivity index (χ3n) is 7.75. The van der Waals surface area contributed by atoms with Crippen molar-refractivity contribution in [3.05, 3.63) is 58.9 Å². The zero-order valence-corrected chi connectivity index (χ0v) is 26.4. The van der Waals surface area contributed by atoms with Gasteiger partial charge in [0.25, 0.3) is 5.91 Å². The molecular weight excluding hydrogens is 545 g/mol. The van der Waals surface area contributed by atoms with Gasteiger partial charge in [0.2, 0.25) is 0 Å². The van der Waals surface area contributed by atoms with Crippen molar-refractivity contribution >= 4 is 53.3 Å². The summed E-state index contributed by atoms with van der Waals surface area (Å²) in [6.07, 6.45) is 13.7. The molecule has 0 aliphatic heterocycles. The van der Waals surface area contributed by atoms with Crippen LogP contribution in [0.2, 0.25) is 0 Å². The van der Waals surface area contributed by atoms with Crippen molar-refractivity contribution in [3.63, 3.8) is 0 Å².